The van der Waals surface area contributed by atoms with Gasteiger partial charge in [-0.15, -0.1) is 0 Å². The molecule has 1 aromatic rings. The Morgan fingerprint density at radius 1 is 1.35 bits per heavy atom. The van der Waals surface area contributed by atoms with Crippen LogP contribution in [0.1, 0.15) is 36.2 Å². The van der Waals surface area contributed by atoms with Crippen LogP contribution in [-0.2, 0) is 10.0 Å². The van der Waals surface area contributed by atoms with Crippen LogP contribution in [0, 0.1) is 23.7 Å². The number of aromatic carboxylic acids is 1. The van der Waals surface area contributed by atoms with E-state index >= 15 is 0 Å². The quantitative estimate of drug-likeness (QED) is 0.848. The number of aryl methyl sites for hydroxylation is 1. The van der Waals surface area contributed by atoms with E-state index in [9.17, 15) is 18.3 Å². The van der Waals surface area contributed by atoms with Crippen molar-refractivity contribution in [2.75, 3.05) is 33.7 Å². The third kappa shape index (κ3) is 2.96. The van der Waals surface area contributed by atoms with Crippen molar-refractivity contribution in [3.63, 3.8) is 0 Å². The molecule has 0 radical (unpaired) electrons. The Morgan fingerprint density at radius 2 is 2.00 bits per heavy atom. The summed E-state index contributed by atoms with van der Waals surface area (Å²) in [5, 5.41) is 9.22. The number of hydrogen-bond donors (Lipinski definition) is 1. The van der Waals surface area contributed by atoms with Gasteiger partial charge in [-0.05, 0) is 56.5 Å². The van der Waals surface area contributed by atoms with Gasteiger partial charge in [0.15, 0.2) is 0 Å². The van der Waals surface area contributed by atoms with Crippen molar-refractivity contribution in [3.05, 3.63) is 29.3 Å². The highest BCUT2D eigenvalue weighted by Gasteiger charge is 2.64. The van der Waals surface area contributed by atoms with Crippen LogP contribution in [-0.4, -0.2) is 62.4 Å². The number of sulfonamides is 1. The summed E-state index contributed by atoms with van der Waals surface area (Å²) in [6.07, 6.45) is 1.00. The molecular formula is C19H28N2O4S. The lowest BCUT2D eigenvalue weighted by molar-refractivity contribution is -0.0789. The summed E-state index contributed by atoms with van der Waals surface area (Å²) in [6.45, 7) is 7.98. The highest BCUT2D eigenvalue weighted by molar-refractivity contribution is 7.89. The van der Waals surface area contributed by atoms with Crippen LogP contribution in [0.15, 0.2) is 23.1 Å². The van der Waals surface area contributed by atoms with Gasteiger partial charge in [0, 0.05) is 25.0 Å². The first-order chi connectivity index (χ1) is 11.9. The standard InChI is InChI=1S/C19H28N2O4S/c1-13-6-7-14(17(22)23)8-15(13)26(24,25)21-9-16-18(2,3)10-19(16,12-21)11-20(4)5/h6-8,16H,9-12H2,1-5H3,(H,22,23)/t16-,19+/m1/s1. The molecule has 1 saturated heterocycles. The number of carbonyl (C=O) groups is 1. The smallest absolute Gasteiger partial charge is 0.335 e. The van der Waals surface area contributed by atoms with Crippen LogP contribution in [0.3, 0.4) is 0 Å². The number of benzene rings is 1. The molecule has 1 aliphatic heterocycles. The van der Waals surface area contributed by atoms with E-state index < -0.39 is 16.0 Å². The summed E-state index contributed by atoms with van der Waals surface area (Å²) in [5.74, 6) is -0.803. The number of hydrogen-bond acceptors (Lipinski definition) is 4. The fraction of sp³-hybridized carbons (Fsp3) is 0.632. The van der Waals surface area contributed by atoms with Gasteiger partial charge in [0.1, 0.15) is 0 Å². The topological polar surface area (TPSA) is 77.9 Å². The lowest BCUT2D eigenvalue weighted by Gasteiger charge is -2.57. The monoisotopic (exact) mass is 380 g/mol. The van der Waals surface area contributed by atoms with Crippen LogP contribution in [0.5, 0.6) is 0 Å². The third-order valence-corrected chi connectivity index (χ3v) is 8.01. The first kappa shape index (κ1) is 19.3. The molecule has 26 heavy (non-hydrogen) atoms. The molecule has 1 saturated carbocycles. The predicted molar refractivity (Wildman–Crippen MR) is 99.8 cm³/mol. The maximum Gasteiger partial charge on any atom is 0.335 e. The zero-order valence-corrected chi connectivity index (χ0v) is 16.9. The van der Waals surface area contributed by atoms with E-state index in [-0.39, 0.29) is 21.3 Å². The van der Waals surface area contributed by atoms with Crippen molar-refractivity contribution < 1.29 is 18.3 Å². The molecule has 1 aromatic carbocycles. The number of carboxylic acids is 1. The Bertz CT molecular complexity index is 843. The van der Waals surface area contributed by atoms with Gasteiger partial charge >= 0.3 is 5.97 Å². The lowest BCUT2D eigenvalue weighted by atomic mass is 9.48. The highest BCUT2D eigenvalue weighted by atomic mass is 32.2. The number of fused-ring (bicyclic) bond motifs is 1. The minimum absolute atomic E-state index is 0.000298. The minimum atomic E-state index is -3.72. The van der Waals surface area contributed by atoms with Gasteiger partial charge in [-0.2, -0.15) is 4.31 Å². The molecule has 1 heterocycles. The van der Waals surface area contributed by atoms with E-state index in [0.29, 0.717) is 24.6 Å². The zero-order valence-electron chi connectivity index (χ0n) is 16.1. The molecule has 0 aromatic heterocycles. The highest BCUT2D eigenvalue weighted by Crippen LogP contribution is 2.63. The average Bonchev–Trinajstić information content (AvgIpc) is 2.81. The van der Waals surface area contributed by atoms with E-state index in [1.54, 1.807) is 17.3 Å². The van der Waals surface area contributed by atoms with Crippen molar-refractivity contribution in [2.45, 2.75) is 32.1 Å². The zero-order chi connectivity index (χ0) is 19.5. The van der Waals surface area contributed by atoms with Crippen LogP contribution in [0.25, 0.3) is 0 Å². The molecule has 144 valence electrons. The SMILES string of the molecule is Cc1ccc(C(=O)O)cc1S(=O)(=O)N1C[C@@H]2C(C)(C)C[C@]2(CN(C)C)C1. The average molecular weight is 381 g/mol. The Morgan fingerprint density at radius 3 is 2.54 bits per heavy atom. The molecular weight excluding hydrogens is 352 g/mol. The van der Waals surface area contributed by atoms with Gasteiger partial charge in [0.2, 0.25) is 10.0 Å². The Labute approximate surface area is 155 Å². The van der Waals surface area contributed by atoms with Gasteiger partial charge in [0.05, 0.1) is 10.5 Å². The second kappa shape index (κ2) is 6.04. The van der Waals surface area contributed by atoms with Crippen molar-refractivity contribution in [1.29, 1.82) is 0 Å². The summed E-state index contributed by atoms with van der Waals surface area (Å²) < 4.78 is 28.2. The van der Waals surface area contributed by atoms with Gasteiger partial charge in [-0.1, -0.05) is 19.9 Å². The van der Waals surface area contributed by atoms with Crippen molar-refractivity contribution in [1.82, 2.24) is 9.21 Å². The fourth-order valence-electron chi connectivity index (χ4n) is 5.26. The van der Waals surface area contributed by atoms with Gasteiger partial charge < -0.3 is 10.0 Å². The van der Waals surface area contributed by atoms with Crippen LogP contribution >= 0.6 is 0 Å². The Kier molecular flexibility index (Phi) is 4.49. The molecule has 6 nitrogen and oxygen atoms in total. The van der Waals surface area contributed by atoms with Crippen molar-refractivity contribution >= 4 is 16.0 Å². The molecule has 0 unspecified atom stereocenters. The van der Waals surface area contributed by atoms with Gasteiger partial charge in [-0.3, -0.25) is 0 Å². The van der Waals surface area contributed by atoms with Crippen LogP contribution in [0.2, 0.25) is 0 Å². The molecule has 7 heteroatoms. The van der Waals surface area contributed by atoms with E-state index in [4.69, 9.17) is 0 Å². The number of nitrogens with zero attached hydrogens (tertiary/aromatic N) is 2. The fourth-order valence-corrected chi connectivity index (χ4v) is 7.06. The van der Waals surface area contributed by atoms with Gasteiger partial charge in [-0.25, -0.2) is 13.2 Å². The molecule has 3 rings (SSSR count). The van der Waals surface area contributed by atoms with E-state index in [1.165, 1.54) is 12.1 Å². The predicted octanol–water partition coefficient (Wildman–Crippen LogP) is 2.29. The second-order valence-corrected chi connectivity index (χ2v) is 10.8. The largest absolute Gasteiger partial charge is 0.478 e. The maximum absolute atomic E-state index is 13.3. The van der Waals surface area contributed by atoms with Crippen molar-refractivity contribution in [2.24, 2.45) is 16.7 Å². The molecule has 0 bridgehead atoms. The molecule has 0 amide bonds. The first-order valence-corrected chi connectivity index (χ1v) is 10.3. The van der Waals surface area contributed by atoms with Gasteiger partial charge in [0.25, 0.3) is 0 Å². The van der Waals surface area contributed by atoms with Crippen LogP contribution < -0.4 is 0 Å². The molecule has 1 N–H and O–H groups in total. The Balaban J connectivity index is 1.97. The van der Waals surface area contributed by atoms with E-state index in [1.807, 2.05) is 14.1 Å². The van der Waals surface area contributed by atoms with Crippen molar-refractivity contribution in [3.8, 4) is 0 Å². The number of rotatable bonds is 5. The van der Waals surface area contributed by atoms with Crippen LogP contribution in [0.4, 0.5) is 0 Å². The summed E-state index contributed by atoms with van der Waals surface area (Å²) in [6, 6.07) is 4.30. The number of carboxylic acid groups (broad SMARTS) is 1. The normalized spacial score (nSPS) is 28.0. The summed E-state index contributed by atoms with van der Waals surface area (Å²) in [5.41, 5.74) is 0.686. The molecule has 2 fully saturated rings. The molecule has 1 aliphatic carbocycles. The van der Waals surface area contributed by atoms with E-state index in [0.717, 1.165) is 13.0 Å². The summed E-state index contributed by atoms with van der Waals surface area (Å²) in [7, 11) is 0.321. The summed E-state index contributed by atoms with van der Waals surface area (Å²) >= 11 is 0. The van der Waals surface area contributed by atoms with E-state index in [2.05, 4.69) is 18.7 Å². The maximum atomic E-state index is 13.3. The Hall–Kier alpha value is -1.44. The molecule has 2 aliphatic rings. The molecule has 0 spiro atoms. The minimum Gasteiger partial charge on any atom is -0.478 e. The summed E-state index contributed by atoms with van der Waals surface area (Å²) in [4.78, 5) is 13.5. The second-order valence-electron chi connectivity index (χ2n) is 8.90. The lowest BCUT2D eigenvalue weighted by Crippen LogP contribution is -2.57. The third-order valence-electron chi connectivity index (χ3n) is 6.05. The first-order valence-electron chi connectivity index (χ1n) is 8.88. The molecule has 2 atom stereocenters.